The molecule has 0 aliphatic heterocycles. The molecule has 12 heavy (non-hydrogen) atoms. The summed E-state index contributed by atoms with van der Waals surface area (Å²) < 4.78 is 0. The van der Waals surface area contributed by atoms with Gasteiger partial charge in [-0.15, -0.1) is 5.10 Å². The zero-order valence-electron chi connectivity index (χ0n) is 6.49. The first-order valence-electron chi connectivity index (χ1n) is 3.78. The number of nitrogens with zero attached hydrogens (tertiary/aromatic N) is 3. The summed E-state index contributed by atoms with van der Waals surface area (Å²) in [6.07, 6.45) is 1.78. The van der Waals surface area contributed by atoms with Crippen LogP contribution in [0, 0.1) is 11.3 Å². The van der Waals surface area contributed by atoms with Crippen molar-refractivity contribution in [1.82, 2.24) is 10.2 Å². The van der Waals surface area contributed by atoms with Gasteiger partial charge in [-0.3, -0.25) is 0 Å². The lowest BCUT2D eigenvalue weighted by Gasteiger charge is -2.02. The van der Waals surface area contributed by atoms with Gasteiger partial charge in [-0.25, -0.2) is 0 Å². The molecule has 0 amide bonds. The second kappa shape index (κ2) is 2.18. The molecule has 1 aliphatic rings. The summed E-state index contributed by atoms with van der Waals surface area (Å²) in [5.41, 5.74) is 5.78. The predicted molar refractivity (Wildman–Crippen MR) is 43.0 cm³/mol. The molecule has 1 heterocycles. The van der Waals surface area contributed by atoms with E-state index in [4.69, 9.17) is 11.0 Å². The molecule has 0 unspecified atom stereocenters. The van der Waals surface area contributed by atoms with Crippen molar-refractivity contribution in [1.29, 1.82) is 5.26 Å². The van der Waals surface area contributed by atoms with Gasteiger partial charge in [-0.05, 0) is 25.0 Å². The molecule has 60 valence electrons. The van der Waals surface area contributed by atoms with E-state index < -0.39 is 0 Å². The van der Waals surface area contributed by atoms with E-state index in [1.54, 1.807) is 12.1 Å². The van der Waals surface area contributed by atoms with Gasteiger partial charge in [0.25, 0.3) is 0 Å². The fraction of sp³-hybridized carbons (Fsp3) is 0.375. The van der Waals surface area contributed by atoms with Crippen LogP contribution in [0.4, 0.5) is 5.82 Å². The molecule has 0 radical (unpaired) electrons. The molecule has 0 saturated heterocycles. The molecule has 2 N–H and O–H groups in total. The lowest BCUT2D eigenvalue weighted by Crippen LogP contribution is -2.07. The van der Waals surface area contributed by atoms with E-state index in [1.165, 1.54) is 0 Å². The third kappa shape index (κ3) is 0.909. The maximum absolute atomic E-state index is 8.83. The summed E-state index contributed by atoms with van der Waals surface area (Å²) in [5, 5.41) is 16.4. The standard InChI is InChI=1S/C8H8N4/c9-5-8(3-4-8)6-1-2-7(10)12-11-6/h1-2H,3-4H2,(H2,10,12). The number of rotatable bonds is 1. The Hall–Kier alpha value is -1.63. The number of nitrogen functional groups attached to an aromatic ring is 1. The number of hydrogen-bond acceptors (Lipinski definition) is 4. The number of hydrogen-bond donors (Lipinski definition) is 1. The van der Waals surface area contributed by atoms with Gasteiger partial charge < -0.3 is 5.73 Å². The zero-order chi connectivity index (χ0) is 8.60. The molecule has 0 spiro atoms. The molecule has 0 bridgehead atoms. The molecule has 4 nitrogen and oxygen atoms in total. The molecule has 2 rings (SSSR count). The van der Waals surface area contributed by atoms with Crippen LogP contribution in [-0.4, -0.2) is 10.2 Å². The largest absolute Gasteiger partial charge is 0.382 e. The Bertz CT molecular complexity index is 331. The molecular formula is C8H8N4. The first kappa shape index (κ1) is 7.04. The van der Waals surface area contributed by atoms with Crippen LogP contribution in [0.1, 0.15) is 18.5 Å². The van der Waals surface area contributed by atoms with Crippen LogP contribution < -0.4 is 5.73 Å². The molecular weight excluding hydrogens is 152 g/mol. The minimum absolute atomic E-state index is 0.347. The SMILES string of the molecule is N#CC1(c2ccc(N)nn2)CC1. The summed E-state index contributed by atoms with van der Waals surface area (Å²) in [7, 11) is 0. The summed E-state index contributed by atoms with van der Waals surface area (Å²) in [4.78, 5) is 0. The molecule has 1 aromatic heterocycles. The van der Waals surface area contributed by atoms with Crippen LogP contribution in [0.5, 0.6) is 0 Å². The van der Waals surface area contributed by atoms with Gasteiger partial charge in [0.1, 0.15) is 11.2 Å². The zero-order valence-corrected chi connectivity index (χ0v) is 6.49. The van der Waals surface area contributed by atoms with Crippen LogP contribution in [0.25, 0.3) is 0 Å². The van der Waals surface area contributed by atoms with Gasteiger partial charge in [0.2, 0.25) is 0 Å². The van der Waals surface area contributed by atoms with E-state index in [1.807, 2.05) is 0 Å². The molecule has 0 aromatic carbocycles. The summed E-state index contributed by atoms with van der Waals surface area (Å²) >= 11 is 0. The molecule has 1 aromatic rings. The van der Waals surface area contributed by atoms with Crippen LogP contribution in [0.2, 0.25) is 0 Å². The second-order valence-electron chi connectivity index (χ2n) is 3.04. The van der Waals surface area contributed by atoms with Crippen molar-refractivity contribution >= 4 is 5.82 Å². The van der Waals surface area contributed by atoms with Gasteiger partial charge in [0, 0.05) is 0 Å². The molecule has 1 aliphatic carbocycles. The third-order valence-electron chi connectivity index (χ3n) is 2.14. The maximum atomic E-state index is 8.83. The van der Waals surface area contributed by atoms with Crippen LogP contribution in [-0.2, 0) is 5.41 Å². The normalized spacial score (nSPS) is 18.2. The minimum Gasteiger partial charge on any atom is -0.382 e. The van der Waals surface area contributed by atoms with Crippen LogP contribution >= 0.6 is 0 Å². The molecule has 0 atom stereocenters. The van der Waals surface area contributed by atoms with Crippen LogP contribution in [0.3, 0.4) is 0 Å². The van der Waals surface area contributed by atoms with Crippen molar-refractivity contribution in [3.05, 3.63) is 17.8 Å². The van der Waals surface area contributed by atoms with Crippen molar-refractivity contribution in [2.45, 2.75) is 18.3 Å². The van der Waals surface area contributed by atoms with E-state index in [0.29, 0.717) is 5.82 Å². The van der Waals surface area contributed by atoms with Gasteiger partial charge in [-0.1, -0.05) is 0 Å². The number of nitrogens with two attached hydrogens (primary N) is 1. The Labute approximate surface area is 70.0 Å². The minimum atomic E-state index is -0.347. The summed E-state index contributed by atoms with van der Waals surface area (Å²) in [6.45, 7) is 0. The van der Waals surface area contributed by atoms with Gasteiger partial charge in [0.05, 0.1) is 11.8 Å². The average Bonchev–Trinajstić information content (AvgIpc) is 2.86. The lowest BCUT2D eigenvalue weighted by molar-refractivity contribution is 0.810. The Morgan fingerprint density at radius 1 is 1.42 bits per heavy atom. The number of aromatic nitrogens is 2. The quantitative estimate of drug-likeness (QED) is 0.653. The van der Waals surface area contributed by atoms with E-state index in [2.05, 4.69) is 16.3 Å². The van der Waals surface area contributed by atoms with Gasteiger partial charge in [-0.2, -0.15) is 10.4 Å². The first-order chi connectivity index (χ1) is 5.77. The summed E-state index contributed by atoms with van der Waals surface area (Å²) in [5.74, 6) is 0.396. The van der Waals surface area contributed by atoms with Crippen molar-refractivity contribution in [2.24, 2.45) is 0 Å². The van der Waals surface area contributed by atoms with Crippen molar-refractivity contribution in [3.8, 4) is 6.07 Å². The highest BCUT2D eigenvalue weighted by Crippen LogP contribution is 2.46. The summed E-state index contributed by atoms with van der Waals surface area (Å²) in [6, 6.07) is 5.70. The molecule has 4 heteroatoms. The average molecular weight is 160 g/mol. The van der Waals surface area contributed by atoms with Crippen LogP contribution in [0.15, 0.2) is 12.1 Å². The highest BCUT2D eigenvalue weighted by atomic mass is 15.1. The maximum Gasteiger partial charge on any atom is 0.146 e. The number of nitriles is 1. The van der Waals surface area contributed by atoms with Gasteiger partial charge >= 0.3 is 0 Å². The Morgan fingerprint density at radius 2 is 2.17 bits per heavy atom. The highest BCUT2D eigenvalue weighted by Gasteiger charge is 2.46. The molecule has 1 saturated carbocycles. The first-order valence-corrected chi connectivity index (χ1v) is 3.78. The van der Waals surface area contributed by atoms with Crippen molar-refractivity contribution in [2.75, 3.05) is 5.73 Å². The fourth-order valence-electron chi connectivity index (χ4n) is 1.15. The predicted octanol–water partition coefficient (Wildman–Crippen LogP) is 0.614. The highest BCUT2D eigenvalue weighted by molar-refractivity contribution is 5.36. The van der Waals surface area contributed by atoms with Crippen molar-refractivity contribution < 1.29 is 0 Å². The number of anilines is 1. The van der Waals surface area contributed by atoms with E-state index in [-0.39, 0.29) is 5.41 Å². The second-order valence-corrected chi connectivity index (χ2v) is 3.04. The monoisotopic (exact) mass is 160 g/mol. The van der Waals surface area contributed by atoms with E-state index in [0.717, 1.165) is 18.5 Å². The van der Waals surface area contributed by atoms with Crippen molar-refractivity contribution in [3.63, 3.8) is 0 Å². The lowest BCUT2D eigenvalue weighted by atomic mass is 10.1. The van der Waals surface area contributed by atoms with E-state index >= 15 is 0 Å². The van der Waals surface area contributed by atoms with E-state index in [9.17, 15) is 0 Å². The Morgan fingerprint density at radius 3 is 2.58 bits per heavy atom. The smallest absolute Gasteiger partial charge is 0.146 e. The topological polar surface area (TPSA) is 75.6 Å². The Balaban J connectivity index is 2.37. The molecule has 1 fully saturated rings. The third-order valence-corrected chi connectivity index (χ3v) is 2.14. The van der Waals surface area contributed by atoms with Gasteiger partial charge in [0.15, 0.2) is 0 Å². The Kier molecular flexibility index (Phi) is 1.28. The fourth-order valence-corrected chi connectivity index (χ4v) is 1.15.